The monoisotopic (exact) mass is 455 g/mol. The first-order valence-corrected chi connectivity index (χ1v) is 11.4. The molecule has 1 N–H and O–H groups in total. The molecule has 1 amide bonds. The van der Waals surface area contributed by atoms with Crippen molar-refractivity contribution in [1.82, 2.24) is 15.3 Å². The van der Waals surface area contributed by atoms with Crippen LogP contribution in [0.5, 0.6) is 0 Å². The number of nitrogens with zero attached hydrogens (tertiary/aromatic N) is 2. The first-order valence-electron chi connectivity index (χ1n) is 10.6. The maximum Gasteiger partial charge on any atom is 0.408 e. The molecule has 0 saturated carbocycles. The lowest BCUT2D eigenvalue weighted by Crippen LogP contribution is -2.45. The Hall–Kier alpha value is -3.00. The highest BCUT2D eigenvalue weighted by molar-refractivity contribution is 7.12. The number of amides is 1. The van der Waals surface area contributed by atoms with Gasteiger partial charge in [0.15, 0.2) is 5.65 Å². The molecule has 3 heterocycles. The Morgan fingerprint density at radius 3 is 2.62 bits per heavy atom. The molecule has 0 spiro atoms. The Morgan fingerprint density at radius 2 is 1.88 bits per heavy atom. The first-order chi connectivity index (χ1) is 15.2. The topological polar surface area (TPSA) is 90.4 Å². The largest absolute Gasteiger partial charge is 0.467 e. The summed E-state index contributed by atoms with van der Waals surface area (Å²) in [7, 11) is 1.31. The van der Waals surface area contributed by atoms with Crippen LogP contribution in [0.15, 0.2) is 42.6 Å². The summed E-state index contributed by atoms with van der Waals surface area (Å²) < 4.78 is 10.1. The lowest BCUT2D eigenvalue weighted by molar-refractivity contribution is -0.143. The Bertz CT molecular complexity index is 1070. The number of pyridine rings is 2. The number of hydrogen-bond donors (Lipinski definition) is 1. The highest BCUT2D eigenvalue weighted by atomic mass is 32.1. The molecule has 7 nitrogen and oxygen atoms in total. The molecular weight excluding hydrogens is 426 g/mol. The van der Waals surface area contributed by atoms with Gasteiger partial charge < -0.3 is 14.8 Å². The number of thiophene rings is 1. The van der Waals surface area contributed by atoms with Gasteiger partial charge in [-0.25, -0.2) is 19.6 Å². The van der Waals surface area contributed by atoms with Crippen LogP contribution in [0.2, 0.25) is 0 Å². The Balaban J connectivity index is 1.54. The van der Waals surface area contributed by atoms with Gasteiger partial charge in [-0.15, -0.1) is 11.3 Å². The summed E-state index contributed by atoms with van der Waals surface area (Å²) in [6.45, 7) is 5.32. The van der Waals surface area contributed by atoms with Crippen molar-refractivity contribution in [2.75, 3.05) is 7.11 Å². The molecular formula is C24H29N3O4S. The van der Waals surface area contributed by atoms with E-state index in [2.05, 4.69) is 27.4 Å². The quantitative estimate of drug-likeness (QED) is 0.504. The van der Waals surface area contributed by atoms with Crippen molar-refractivity contribution < 1.29 is 19.1 Å². The maximum absolute atomic E-state index is 12.1. The Kier molecular flexibility index (Phi) is 7.80. The second kappa shape index (κ2) is 10.5. The van der Waals surface area contributed by atoms with E-state index in [9.17, 15) is 9.59 Å². The van der Waals surface area contributed by atoms with Crippen molar-refractivity contribution in [3.8, 4) is 0 Å². The van der Waals surface area contributed by atoms with E-state index in [0.717, 1.165) is 40.9 Å². The third kappa shape index (κ3) is 7.02. The summed E-state index contributed by atoms with van der Waals surface area (Å²) in [5.41, 5.74) is 1.16. The van der Waals surface area contributed by atoms with Crippen molar-refractivity contribution in [2.45, 2.75) is 58.1 Å². The molecule has 0 aliphatic heterocycles. The molecule has 0 aliphatic carbocycles. The van der Waals surface area contributed by atoms with Crippen molar-refractivity contribution >= 4 is 34.4 Å². The number of methoxy groups -OCH3 is 1. The second-order valence-electron chi connectivity index (χ2n) is 8.50. The van der Waals surface area contributed by atoms with Crippen LogP contribution in [0.4, 0.5) is 4.79 Å². The van der Waals surface area contributed by atoms with Crippen LogP contribution in [0, 0.1) is 0 Å². The highest BCUT2D eigenvalue weighted by Crippen LogP contribution is 2.21. The number of rotatable bonds is 8. The van der Waals surface area contributed by atoms with Gasteiger partial charge in [-0.3, -0.25) is 0 Å². The molecule has 32 heavy (non-hydrogen) atoms. The van der Waals surface area contributed by atoms with E-state index >= 15 is 0 Å². The number of carbonyl (C=O) groups excluding carboxylic acids is 2. The van der Waals surface area contributed by atoms with Crippen molar-refractivity contribution in [3.05, 3.63) is 58.0 Å². The van der Waals surface area contributed by atoms with Crippen LogP contribution in [0.3, 0.4) is 0 Å². The Morgan fingerprint density at radius 1 is 1.09 bits per heavy atom. The average molecular weight is 456 g/mol. The summed E-state index contributed by atoms with van der Waals surface area (Å²) in [4.78, 5) is 35.4. The van der Waals surface area contributed by atoms with Gasteiger partial charge in [0.25, 0.3) is 0 Å². The fraction of sp³-hybridized carbons (Fsp3) is 0.417. The van der Waals surface area contributed by atoms with Gasteiger partial charge in [-0.1, -0.05) is 0 Å². The Labute approximate surface area is 192 Å². The smallest absolute Gasteiger partial charge is 0.408 e. The standard InChI is InChI=1S/C24H29N3O4S/c1-24(2,3)31-23(29)27-20(22(28)30-4)15-19-13-12-18(32-19)9-5-8-17-11-10-16-7-6-14-25-21(16)26-17/h6-7,10-14,20H,5,8-9,15H2,1-4H3,(H,27,29)/t20-/m0/s1. The maximum atomic E-state index is 12.1. The minimum absolute atomic E-state index is 0.356. The minimum atomic E-state index is -0.796. The molecule has 3 aromatic rings. The number of alkyl carbamates (subject to hydrolysis) is 1. The van der Waals surface area contributed by atoms with Crippen LogP contribution in [-0.4, -0.2) is 40.8 Å². The van der Waals surface area contributed by atoms with E-state index in [-0.39, 0.29) is 0 Å². The van der Waals surface area contributed by atoms with Gasteiger partial charge in [0.05, 0.1) is 7.11 Å². The number of ether oxygens (including phenoxy) is 2. The predicted octanol–water partition coefficient (Wildman–Crippen LogP) is 4.48. The van der Waals surface area contributed by atoms with Crippen molar-refractivity contribution in [3.63, 3.8) is 0 Å². The summed E-state index contributed by atoms with van der Waals surface area (Å²) in [5.74, 6) is -0.498. The van der Waals surface area contributed by atoms with Crippen LogP contribution < -0.4 is 5.32 Å². The lowest BCUT2D eigenvalue weighted by Gasteiger charge is -2.22. The van der Waals surface area contributed by atoms with E-state index in [1.165, 1.54) is 12.0 Å². The van der Waals surface area contributed by atoms with Crippen molar-refractivity contribution in [2.24, 2.45) is 0 Å². The second-order valence-corrected chi connectivity index (χ2v) is 9.75. The van der Waals surface area contributed by atoms with E-state index in [0.29, 0.717) is 6.42 Å². The highest BCUT2D eigenvalue weighted by Gasteiger charge is 2.25. The molecule has 0 unspecified atom stereocenters. The molecule has 0 aromatic carbocycles. The molecule has 170 valence electrons. The zero-order chi connectivity index (χ0) is 23.1. The van der Waals surface area contributed by atoms with Crippen LogP contribution in [0.25, 0.3) is 11.0 Å². The molecule has 1 atom stereocenters. The summed E-state index contributed by atoms with van der Waals surface area (Å²) >= 11 is 1.63. The summed E-state index contributed by atoms with van der Waals surface area (Å²) in [5, 5.41) is 3.66. The van der Waals surface area contributed by atoms with E-state index in [4.69, 9.17) is 9.47 Å². The van der Waals surface area contributed by atoms with E-state index in [1.807, 2.05) is 24.3 Å². The molecule has 0 radical (unpaired) electrons. The third-order valence-electron chi connectivity index (χ3n) is 4.68. The SMILES string of the molecule is COC(=O)[C@H](Cc1ccc(CCCc2ccc3cccnc3n2)s1)NC(=O)OC(C)(C)C. The molecule has 3 rings (SSSR count). The van der Waals surface area contributed by atoms with E-state index in [1.54, 1.807) is 38.3 Å². The zero-order valence-corrected chi connectivity index (χ0v) is 19.7. The number of carbonyl (C=O) groups is 2. The molecule has 8 heteroatoms. The fourth-order valence-corrected chi connectivity index (χ4v) is 4.33. The van der Waals surface area contributed by atoms with E-state index < -0.39 is 23.7 Å². The molecule has 3 aromatic heterocycles. The number of aryl methyl sites for hydroxylation is 2. The molecule has 0 fully saturated rings. The molecule has 0 aliphatic rings. The third-order valence-corrected chi connectivity index (χ3v) is 5.84. The number of hydrogen-bond acceptors (Lipinski definition) is 7. The number of fused-ring (bicyclic) bond motifs is 1. The van der Waals surface area contributed by atoms with Gasteiger partial charge in [0.2, 0.25) is 0 Å². The van der Waals surface area contributed by atoms with Crippen LogP contribution in [-0.2, 0) is 33.5 Å². The first kappa shape index (κ1) is 23.7. The minimum Gasteiger partial charge on any atom is -0.467 e. The van der Waals surface area contributed by atoms with Gasteiger partial charge in [-0.05, 0) is 76.4 Å². The van der Waals surface area contributed by atoms with Crippen LogP contribution in [0.1, 0.15) is 42.6 Å². The summed E-state index contributed by atoms with van der Waals surface area (Å²) in [6, 6.07) is 11.3. The lowest BCUT2D eigenvalue weighted by atomic mass is 10.1. The van der Waals surface area contributed by atoms with Gasteiger partial charge >= 0.3 is 12.1 Å². The number of esters is 1. The predicted molar refractivity (Wildman–Crippen MR) is 125 cm³/mol. The average Bonchev–Trinajstić information content (AvgIpc) is 3.18. The zero-order valence-electron chi connectivity index (χ0n) is 18.9. The molecule has 0 bridgehead atoms. The summed E-state index contributed by atoms with van der Waals surface area (Å²) in [6.07, 6.45) is 4.21. The normalized spacial score (nSPS) is 12.4. The fourth-order valence-electron chi connectivity index (χ4n) is 3.23. The molecule has 0 saturated heterocycles. The van der Waals surface area contributed by atoms with Crippen LogP contribution >= 0.6 is 11.3 Å². The van der Waals surface area contributed by atoms with Crippen molar-refractivity contribution in [1.29, 1.82) is 0 Å². The number of nitrogens with one attached hydrogen (secondary N) is 1. The van der Waals surface area contributed by atoms with Gasteiger partial charge in [0, 0.05) is 33.5 Å². The van der Waals surface area contributed by atoms with Gasteiger partial charge in [0.1, 0.15) is 11.6 Å². The number of aromatic nitrogens is 2. The van der Waals surface area contributed by atoms with Gasteiger partial charge in [-0.2, -0.15) is 0 Å².